The van der Waals surface area contributed by atoms with E-state index in [4.69, 9.17) is 11.6 Å². The molecule has 0 saturated heterocycles. The zero-order valence-electron chi connectivity index (χ0n) is 9.70. The molecule has 0 unspecified atom stereocenters. The van der Waals surface area contributed by atoms with Gasteiger partial charge >= 0.3 is 0 Å². The summed E-state index contributed by atoms with van der Waals surface area (Å²) in [5.41, 5.74) is 0.968. The molecule has 0 spiro atoms. The van der Waals surface area contributed by atoms with E-state index in [1.165, 1.54) is 18.1 Å². The minimum atomic E-state index is 0.400. The van der Waals surface area contributed by atoms with Crippen molar-refractivity contribution in [3.8, 4) is 0 Å². The Hall–Kier alpha value is -1.60. The molecule has 0 aromatic carbocycles. The summed E-state index contributed by atoms with van der Waals surface area (Å²) in [5, 5.41) is 10.7. The Bertz CT molecular complexity index is 718. The van der Waals surface area contributed by atoms with E-state index in [1.54, 1.807) is 10.6 Å². The first kappa shape index (κ1) is 11.5. The predicted molar refractivity (Wildman–Crippen MR) is 67.9 cm³/mol. The van der Waals surface area contributed by atoms with Crippen molar-refractivity contribution < 1.29 is 0 Å². The first-order valence-corrected chi connectivity index (χ1v) is 6.38. The Morgan fingerprint density at radius 1 is 1.28 bits per heavy atom. The maximum absolute atomic E-state index is 5.96. The molecular formula is C10H9ClN6S. The maximum Gasteiger partial charge on any atom is 0.254 e. The van der Waals surface area contributed by atoms with E-state index >= 15 is 0 Å². The molecule has 0 aliphatic rings. The van der Waals surface area contributed by atoms with E-state index in [1.807, 2.05) is 24.7 Å². The average Bonchev–Trinajstić information content (AvgIpc) is 2.86. The largest absolute Gasteiger partial charge is 0.261 e. The topological polar surface area (TPSA) is 60.9 Å². The molecule has 3 aromatic rings. The fourth-order valence-corrected chi connectivity index (χ4v) is 2.87. The molecule has 6 nitrogen and oxygen atoms in total. The Kier molecular flexibility index (Phi) is 2.71. The van der Waals surface area contributed by atoms with Gasteiger partial charge in [-0.3, -0.25) is 4.68 Å². The smallest absolute Gasteiger partial charge is 0.254 e. The number of aryl methyl sites for hydroxylation is 2. The standard InChI is InChI=1S/C10H9ClN6S/c1-6-3-8(16(2)15-6)18-9-4-7(11)14-10-12-5-13-17(9)10/h3-5H,1-2H3. The maximum atomic E-state index is 5.96. The Balaban J connectivity index is 2.09. The van der Waals surface area contributed by atoms with Crippen LogP contribution in [-0.4, -0.2) is 29.4 Å². The molecular weight excluding hydrogens is 272 g/mol. The number of rotatable bonds is 2. The summed E-state index contributed by atoms with van der Waals surface area (Å²) in [7, 11) is 1.90. The number of aromatic nitrogens is 6. The summed E-state index contributed by atoms with van der Waals surface area (Å²) in [4.78, 5) is 8.11. The molecule has 0 saturated carbocycles. The van der Waals surface area contributed by atoms with Gasteiger partial charge in [0.15, 0.2) is 0 Å². The minimum Gasteiger partial charge on any atom is -0.261 e. The van der Waals surface area contributed by atoms with Crippen LogP contribution in [0.25, 0.3) is 5.78 Å². The predicted octanol–water partition coefficient (Wildman–Crippen LogP) is 1.97. The number of hydrogen-bond acceptors (Lipinski definition) is 5. The molecule has 0 N–H and O–H groups in total. The second-order valence-corrected chi connectivity index (χ2v) is 5.17. The summed E-state index contributed by atoms with van der Waals surface area (Å²) in [6.45, 7) is 1.95. The highest BCUT2D eigenvalue weighted by Crippen LogP contribution is 2.28. The molecule has 0 aliphatic carbocycles. The van der Waals surface area contributed by atoms with Gasteiger partial charge in [-0.15, -0.1) is 0 Å². The van der Waals surface area contributed by atoms with Gasteiger partial charge in [0.05, 0.1) is 5.69 Å². The van der Waals surface area contributed by atoms with Crippen LogP contribution in [0.15, 0.2) is 28.5 Å². The molecule has 8 heteroatoms. The van der Waals surface area contributed by atoms with Gasteiger partial charge in [-0.05, 0) is 13.0 Å². The van der Waals surface area contributed by atoms with E-state index in [2.05, 4.69) is 20.2 Å². The van der Waals surface area contributed by atoms with Gasteiger partial charge in [-0.25, -0.2) is 0 Å². The van der Waals surface area contributed by atoms with Crippen LogP contribution in [0, 0.1) is 6.92 Å². The molecule has 0 radical (unpaired) electrons. The molecule has 0 atom stereocenters. The van der Waals surface area contributed by atoms with Gasteiger partial charge < -0.3 is 0 Å². The van der Waals surface area contributed by atoms with Gasteiger partial charge in [0.2, 0.25) is 0 Å². The highest BCUT2D eigenvalue weighted by atomic mass is 35.5. The van der Waals surface area contributed by atoms with E-state index in [-0.39, 0.29) is 0 Å². The molecule has 92 valence electrons. The van der Waals surface area contributed by atoms with Crippen LogP contribution >= 0.6 is 23.4 Å². The first-order chi connectivity index (χ1) is 8.63. The Labute approximate surface area is 112 Å². The lowest BCUT2D eigenvalue weighted by atomic mass is 10.5. The fourth-order valence-electron chi connectivity index (χ4n) is 1.62. The van der Waals surface area contributed by atoms with Crippen molar-refractivity contribution in [2.45, 2.75) is 17.0 Å². The van der Waals surface area contributed by atoms with Gasteiger partial charge in [0, 0.05) is 13.1 Å². The van der Waals surface area contributed by atoms with Crippen LogP contribution in [0.2, 0.25) is 5.15 Å². The second-order valence-electron chi connectivity index (χ2n) is 3.74. The van der Waals surface area contributed by atoms with Crippen LogP contribution in [0.5, 0.6) is 0 Å². The summed E-state index contributed by atoms with van der Waals surface area (Å²) in [6.07, 6.45) is 1.46. The number of hydrogen-bond donors (Lipinski definition) is 0. The lowest BCUT2D eigenvalue weighted by molar-refractivity contribution is 0.690. The quantitative estimate of drug-likeness (QED) is 0.672. The molecule has 3 heterocycles. The van der Waals surface area contributed by atoms with E-state index < -0.39 is 0 Å². The van der Waals surface area contributed by atoms with Crippen LogP contribution in [-0.2, 0) is 7.05 Å². The lowest BCUT2D eigenvalue weighted by Crippen LogP contribution is -1.97. The summed E-state index contributed by atoms with van der Waals surface area (Å²) >= 11 is 7.48. The first-order valence-electron chi connectivity index (χ1n) is 5.18. The summed E-state index contributed by atoms with van der Waals surface area (Å²) in [5.74, 6) is 0.490. The Morgan fingerprint density at radius 3 is 2.83 bits per heavy atom. The monoisotopic (exact) mass is 280 g/mol. The van der Waals surface area contributed by atoms with Crippen molar-refractivity contribution in [2.75, 3.05) is 0 Å². The van der Waals surface area contributed by atoms with Crippen molar-refractivity contribution in [3.63, 3.8) is 0 Å². The number of fused-ring (bicyclic) bond motifs is 1. The molecule has 0 aliphatic heterocycles. The van der Waals surface area contributed by atoms with Crippen LogP contribution < -0.4 is 0 Å². The summed E-state index contributed by atoms with van der Waals surface area (Å²) in [6, 6.07) is 3.76. The van der Waals surface area contributed by atoms with Crippen molar-refractivity contribution in [2.24, 2.45) is 7.05 Å². The lowest BCUT2D eigenvalue weighted by Gasteiger charge is -2.04. The van der Waals surface area contributed by atoms with Gasteiger partial charge in [0.1, 0.15) is 21.5 Å². The molecule has 0 fully saturated rings. The van der Waals surface area contributed by atoms with Crippen LogP contribution in [0.4, 0.5) is 0 Å². The third kappa shape index (κ3) is 1.95. The van der Waals surface area contributed by atoms with Crippen LogP contribution in [0.1, 0.15) is 5.69 Å². The molecule has 0 bridgehead atoms. The molecule has 3 rings (SSSR count). The van der Waals surface area contributed by atoms with Gasteiger partial charge in [-0.1, -0.05) is 23.4 Å². The highest BCUT2D eigenvalue weighted by molar-refractivity contribution is 7.99. The number of nitrogens with zero attached hydrogens (tertiary/aromatic N) is 6. The zero-order valence-corrected chi connectivity index (χ0v) is 11.3. The molecule has 18 heavy (non-hydrogen) atoms. The minimum absolute atomic E-state index is 0.400. The summed E-state index contributed by atoms with van der Waals surface area (Å²) < 4.78 is 3.47. The van der Waals surface area contributed by atoms with Crippen LogP contribution in [0.3, 0.4) is 0 Å². The van der Waals surface area contributed by atoms with E-state index in [0.29, 0.717) is 10.9 Å². The van der Waals surface area contributed by atoms with Crippen molar-refractivity contribution in [1.82, 2.24) is 29.4 Å². The Morgan fingerprint density at radius 2 is 2.11 bits per heavy atom. The van der Waals surface area contributed by atoms with E-state index in [9.17, 15) is 0 Å². The average molecular weight is 281 g/mol. The van der Waals surface area contributed by atoms with Crippen molar-refractivity contribution in [1.29, 1.82) is 0 Å². The zero-order chi connectivity index (χ0) is 12.7. The van der Waals surface area contributed by atoms with E-state index in [0.717, 1.165) is 15.7 Å². The third-order valence-electron chi connectivity index (χ3n) is 2.36. The molecule has 3 aromatic heterocycles. The second kappa shape index (κ2) is 4.25. The van der Waals surface area contributed by atoms with Crippen molar-refractivity contribution in [3.05, 3.63) is 29.3 Å². The number of halogens is 1. The highest BCUT2D eigenvalue weighted by Gasteiger charge is 2.11. The van der Waals surface area contributed by atoms with Gasteiger partial charge in [-0.2, -0.15) is 24.7 Å². The third-order valence-corrected chi connectivity index (χ3v) is 3.64. The van der Waals surface area contributed by atoms with Gasteiger partial charge in [0.25, 0.3) is 5.78 Å². The fraction of sp³-hybridized carbons (Fsp3) is 0.200. The normalized spacial score (nSPS) is 11.3. The van der Waals surface area contributed by atoms with Crippen molar-refractivity contribution >= 4 is 29.1 Å². The molecule has 0 amide bonds. The SMILES string of the molecule is Cc1cc(Sc2cc(Cl)nc3ncnn23)n(C)n1.